The largest absolute Gasteiger partial charge is 0.450 e. The highest BCUT2D eigenvalue weighted by atomic mass is 35.5. The molecule has 1 aliphatic rings. The zero-order valence-corrected chi connectivity index (χ0v) is 9.54. The number of alkyl halides is 1. The first-order valence-corrected chi connectivity index (χ1v) is 5.40. The Kier molecular flexibility index (Phi) is 2.27. The van der Waals surface area contributed by atoms with Gasteiger partial charge in [0.1, 0.15) is 0 Å². The van der Waals surface area contributed by atoms with Gasteiger partial charge in [0.25, 0.3) is 0 Å². The third-order valence-corrected chi connectivity index (χ3v) is 3.97. The molecular weight excluding hydrogens is 212 g/mol. The quantitative estimate of drug-likeness (QED) is 0.571. The molecule has 80 valence electrons. The van der Waals surface area contributed by atoms with Crippen molar-refractivity contribution in [1.82, 2.24) is 0 Å². The van der Waals surface area contributed by atoms with E-state index in [1.807, 2.05) is 44.2 Å². The number of esters is 1. The van der Waals surface area contributed by atoms with E-state index >= 15 is 0 Å². The molecule has 0 N–H and O–H groups in total. The summed E-state index contributed by atoms with van der Waals surface area (Å²) in [6, 6.07) is 9.62. The number of cyclic esters (lactones) is 1. The van der Waals surface area contributed by atoms with Crippen LogP contribution in [0.5, 0.6) is 0 Å². The van der Waals surface area contributed by atoms with E-state index in [1.54, 1.807) is 0 Å². The number of carbonyl (C=O) groups excluding carboxylic acids is 1. The predicted octanol–water partition coefficient (Wildman–Crippen LogP) is 2.85. The molecule has 0 radical (unpaired) electrons. The third-order valence-electron chi connectivity index (χ3n) is 3.19. The van der Waals surface area contributed by atoms with Gasteiger partial charge in [0.05, 0.1) is 0 Å². The van der Waals surface area contributed by atoms with Gasteiger partial charge in [-0.1, -0.05) is 37.3 Å². The van der Waals surface area contributed by atoms with Crippen LogP contribution in [-0.4, -0.2) is 10.8 Å². The lowest BCUT2D eigenvalue weighted by Gasteiger charge is -2.51. The molecule has 1 aliphatic heterocycles. The van der Waals surface area contributed by atoms with Crippen LogP contribution < -0.4 is 0 Å². The standard InChI is InChI=1S/C12H13ClO2/c1-3-12(13)10(14)15-11(12,2)9-7-5-4-6-8-9/h4-8H,3H2,1-2H3/t11-,12-/m0/s1. The van der Waals surface area contributed by atoms with E-state index < -0.39 is 10.5 Å². The van der Waals surface area contributed by atoms with Crippen molar-refractivity contribution in [1.29, 1.82) is 0 Å². The average molecular weight is 225 g/mol. The summed E-state index contributed by atoms with van der Waals surface area (Å²) in [5, 5.41) is 0. The number of hydrogen-bond acceptors (Lipinski definition) is 2. The molecule has 2 atom stereocenters. The fourth-order valence-electron chi connectivity index (χ4n) is 2.02. The molecule has 1 heterocycles. The summed E-state index contributed by atoms with van der Waals surface area (Å²) in [7, 11) is 0. The van der Waals surface area contributed by atoms with Gasteiger partial charge < -0.3 is 4.74 Å². The number of hydrogen-bond donors (Lipinski definition) is 0. The SMILES string of the molecule is CC[C@]1(Cl)C(=O)O[C@@]1(C)c1ccccc1. The van der Waals surface area contributed by atoms with Crippen LogP contribution in [0.4, 0.5) is 0 Å². The minimum atomic E-state index is -0.908. The zero-order chi connectivity index (χ0) is 11.1. The summed E-state index contributed by atoms with van der Waals surface area (Å²) >= 11 is 6.31. The summed E-state index contributed by atoms with van der Waals surface area (Å²) in [5.41, 5.74) is 0.253. The molecule has 3 heteroatoms. The minimum absolute atomic E-state index is 0.321. The van der Waals surface area contributed by atoms with Gasteiger partial charge in [-0.3, -0.25) is 0 Å². The Hall–Kier alpha value is -1.02. The van der Waals surface area contributed by atoms with Crippen molar-refractivity contribution in [2.24, 2.45) is 0 Å². The van der Waals surface area contributed by atoms with Gasteiger partial charge in [0.2, 0.25) is 0 Å². The van der Waals surface area contributed by atoms with E-state index in [9.17, 15) is 4.79 Å². The first-order valence-electron chi connectivity index (χ1n) is 5.02. The molecule has 0 aliphatic carbocycles. The second-order valence-corrected chi connectivity index (χ2v) is 4.59. The molecule has 2 rings (SSSR count). The molecule has 0 spiro atoms. The molecule has 2 nitrogen and oxygen atoms in total. The van der Waals surface area contributed by atoms with Crippen LogP contribution in [0.1, 0.15) is 25.8 Å². The lowest BCUT2D eigenvalue weighted by Crippen LogP contribution is -2.64. The molecule has 0 amide bonds. The zero-order valence-electron chi connectivity index (χ0n) is 8.79. The van der Waals surface area contributed by atoms with Crippen molar-refractivity contribution in [2.75, 3.05) is 0 Å². The fourth-order valence-corrected chi connectivity index (χ4v) is 2.21. The Bertz CT molecular complexity index is 390. The molecule has 1 saturated heterocycles. The Labute approximate surface area is 94.2 Å². The van der Waals surface area contributed by atoms with Gasteiger partial charge in [0.15, 0.2) is 10.5 Å². The van der Waals surface area contributed by atoms with Crippen LogP contribution in [0, 0.1) is 0 Å². The maximum atomic E-state index is 11.4. The van der Waals surface area contributed by atoms with Gasteiger partial charge in [0, 0.05) is 0 Å². The van der Waals surface area contributed by atoms with Crippen LogP contribution in [0.15, 0.2) is 30.3 Å². The van der Waals surface area contributed by atoms with E-state index in [0.29, 0.717) is 6.42 Å². The van der Waals surface area contributed by atoms with E-state index in [2.05, 4.69) is 0 Å². The second kappa shape index (κ2) is 3.24. The molecule has 0 saturated carbocycles. The van der Waals surface area contributed by atoms with Crippen LogP contribution in [0.2, 0.25) is 0 Å². The van der Waals surface area contributed by atoms with Crippen LogP contribution in [-0.2, 0) is 15.1 Å². The lowest BCUT2D eigenvalue weighted by molar-refractivity contribution is -0.205. The van der Waals surface area contributed by atoms with Crippen LogP contribution >= 0.6 is 11.6 Å². The van der Waals surface area contributed by atoms with Crippen molar-refractivity contribution in [3.8, 4) is 0 Å². The highest BCUT2D eigenvalue weighted by molar-refractivity contribution is 6.37. The molecule has 0 unspecified atom stereocenters. The molecule has 15 heavy (non-hydrogen) atoms. The van der Waals surface area contributed by atoms with Crippen LogP contribution in [0.3, 0.4) is 0 Å². The third kappa shape index (κ3) is 1.21. The number of rotatable bonds is 2. The van der Waals surface area contributed by atoms with Gasteiger partial charge in [-0.25, -0.2) is 4.79 Å². The predicted molar refractivity (Wildman–Crippen MR) is 58.8 cm³/mol. The van der Waals surface area contributed by atoms with Crippen molar-refractivity contribution in [3.05, 3.63) is 35.9 Å². The van der Waals surface area contributed by atoms with E-state index in [0.717, 1.165) is 5.56 Å². The Morgan fingerprint density at radius 3 is 2.40 bits per heavy atom. The molecule has 1 fully saturated rings. The smallest absolute Gasteiger partial charge is 0.332 e. The minimum Gasteiger partial charge on any atom is -0.450 e. The van der Waals surface area contributed by atoms with E-state index in [1.165, 1.54) is 0 Å². The Morgan fingerprint density at radius 2 is 1.93 bits per heavy atom. The summed E-state index contributed by atoms with van der Waals surface area (Å²) in [5.74, 6) is -0.321. The fraction of sp³-hybridized carbons (Fsp3) is 0.417. The molecule has 1 aromatic rings. The topological polar surface area (TPSA) is 26.3 Å². The first kappa shape index (κ1) is 10.5. The summed E-state index contributed by atoms with van der Waals surface area (Å²) in [4.78, 5) is 10.5. The van der Waals surface area contributed by atoms with E-state index in [4.69, 9.17) is 16.3 Å². The summed E-state index contributed by atoms with van der Waals surface area (Å²) < 4.78 is 5.25. The van der Waals surface area contributed by atoms with Gasteiger partial charge in [-0.2, -0.15) is 0 Å². The molecule has 1 aromatic carbocycles. The van der Waals surface area contributed by atoms with Crippen LogP contribution in [0.25, 0.3) is 0 Å². The number of halogens is 1. The van der Waals surface area contributed by atoms with Crippen molar-refractivity contribution in [3.63, 3.8) is 0 Å². The first-order chi connectivity index (χ1) is 7.04. The normalized spacial score (nSPS) is 34.5. The lowest BCUT2D eigenvalue weighted by atomic mass is 9.75. The highest BCUT2D eigenvalue weighted by Gasteiger charge is 2.65. The van der Waals surface area contributed by atoms with Gasteiger partial charge in [-0.15, -0.1) is 11.6 Å². The van der Waals surface area contributed by atoms with E-state index in [-0.39, 0.29) is 5.97 Å². The number of ether oxygens (including phenoxy) is 1. The second-order valence-electron chi connectivity index (χ2n) is 3.94. The number of carbonyl (C=O) groups is 1. The highest BCUT2D eigenvalue weighted by Crippen LogP contribution is 2.52. The maximum absolute atomic E-state index is 11.4. The van der Waals surface area contributed by atoms with Crippen molar-refractivity contribution < 1.29 is 9.53 Å². The molecule has 0 aromatic heterocycles. The number of benzene rings is 1. The Morgan fingerprint density at radius 1 is 1.33 bits per heavy atom. The Balaban J connectivity index is 2.42. The summed E-state index contributed by atoms with van der Waals surface area (Å²) in [6.45, 7) is 3.76. The van der Waals surface area contributed by atoms with Gasteiger partial charge in [-0.05, 0) is 18.9 Å². The monoisotopic (exact) mass is 224 g/mol. The molecular formula is C12H13ClO2. The maximum Gasteiger partial charge on any atom is 0.332 e. The molecule has 0 bridgehead atoms. The summed E-state index contributed by atoms with van der Waals surface area (Å²) in [6.07, 6.45) is 0.568. The van der Waals surface area contributed by atoms with Gasteiger partial charge >= 0.3 is 5.97 Å². The average Bonchev–Trinajstić information content (AvgIpc) is 2.29. The van der Waals surface area contributed by atoms with Crippen molar-refractivity contribution >= 4 is 17.6 Å². The van der Waals surface area contributed by atoms with Crippen molar-refractivity contribution in [2.45, 2.75) is 30.7 Å².